The van der Waals surface area contributed by atoms with Crippen LogP contribution in [0.5, 0.6) is 5.75 Å². The zero-order valence-corrected chi connectivity index (χ0v) is 12.4. The van der Waals surface area contributed by atoms with E-state index in [0.717, 1.165) is 11.6 Å². The van der Waals surface area contributed by atoms with Crippen molar-refractivity contribution in [3.8, 4) is 5.75 Å². The minimum Gasteiger partial charge on any atom is -0.487 e. The second-order valence-electron chi connectivity index (χ2n) is 4.22. The monoisotopic (exact) mass is 330 g/mol. The van der Waals surface area contributed by atoms with Gasteiger partial charge in [0.15, 0.2) is 0 Å². The maximum atomic E-state index is 11.5. The molecule has 0 aliphatic carbocycles. The molecule has 0 fully saturated rings. The molecule has 112 valence electrons. The van der Waals surface area contributed by atoms with Crippen LogP contribution in [0.4, 0.5) is 0 Å². The number of benzene rings is 1. The molecule has 0 bridgehead atoms. The van der Waals surface area contributed by atoms with Gasteiger partial charge in [0, 0.05) is 29.5 Å². The zero-order valence-electron chi connectivity index (χ0n) is 10.9. The molecule has 1 aromatic heterocycles. The van der Waals surface area contributed by atoms with Crippen LogP contribution < -0.4 is 4.74 Å². The number of aryl methyl sites for hydroxylation is 1. The van der Waals surface area contributed by atoms with Crippen LogP contribution in [-0.2, 0) is 22.7 Å². The summed E-state index contributed by atoms with van der Waals surface area (Å²) >= 11 is 0. The van der Waals surface area contributed by atoms with E-state index in [1.807, 2.05) is 0 Å². The van der Waals surface area contributed by atoms with Gasteiger partial charge in [-0.1, -0.05) is 0 Å². The summed E-state index contributed by atoms with van der Waals surface area (Å²) in [6, 6.07) is 3.46. The van der Waals surface area contributed by atoms with Crippen molar-refractivity contribution in [2.45, 2.75) is 11.5 Å². The van der Waals surface area contributed by atoms with Crippen molar-refractivity contribution in [2.24, 2.45) is 7.05 Å². The molecular weight excluding hydrogens is 320 g/mol. The van der Waals surface area contributed by atoms with E-state index in [1.54, 1.807) is 24.1 Å². The van der Waals surface area contributed by atoms with E-state index < -0.39 is 15.0 Å². The Bertz CT molecular complexity index is 785. The van der Waals surface area contributed by atoms with Gasteiger partial charge in [-0.05, 0) is 18.2 Å². The molecule has 0 aliphatic heterocycles. The fourth-order valence-electron chi connectivity index (χ4n) is 1.66. The summed E-state index contributed by atoms with van der Waals surface area (Å²) in [5, 5.41) is 12.8. The van der Waals surface area contributed by atoms with Crippen molar-refractivity contribution < 1.29 is 23.1 Å². The van der Waals surface area contributed by atoms with Crippen LogP contribution >= 0.6 is 10.7 Å². The van der Waals surface area contributed by atoms with E-state index in [2.05, 4.69) is 5.10 Å². The first kappa shape index (κ1) is 15.3. The summed E-state index contributed by atoms with van der Waals surface area (Å²) in [5.41, 5.74) is 0.542. The normalized spacial score (nSPS) is 11.3. The highest BCUT2D eigenvalue weighted by Gasteiger charge is 2.20. The quantitative estimate of drug-likeness (QED) is 0.836. The number of carbonyl (C=O) groups is 1. The van der Waals surface area contributed by atoms with Crippen LogP contribution in [0.25, 0.3) is 0 Å². The Labute approximate surface area is 125 Å². The lowest BCUT2D eigenvalue weighted by Crippen LogP contribution is -2.04. The van der Waals surface area contributed by atoms with Crippen LogP contribution in [0.15, 0.2) is 35.5 Å². The molecule has 0 saturated heterocycles. The van der Waals surface area contributed by atoms with Crippen molar-refractivity contribution in [1.82, 2.24) is 9.78 Å². The third kappa shape index (κ3) is 3.73. The number of carboxylic acids is 1. The second kappa shape index (κ2) is 5.74. The Hall–Kier alpha value is -2.06. The topological polar surface area (TPSA) is 98.5 Å². The highest BCUT2D eigenvalue weighted by Crippen LogP contribution is 2.28. The van der Waals surface area contributed by atoms with E-state index in [1.165, 1.54) is 12.1 Å². The fraction of sp³-hybridized carbons (Fsp3) is 0.167. The molecule has 2 aromatic rings. The van der Waals surface area contributed by atoms with Gasteiger partial charge in [0.1, 0.15) is 17.3 Å². The predicted octanol–water partition coefficient (Wildman–Crippen LogP) is 1.62. The molecule has 0 atom stereocenters. The van der Waals surface area contributed by atoms with E-state index >= 15 is 0 Å². The number of aromatic carboxylic acids is 1. The Balaban J connectivity index is 2.32. The van der Waals surface area contributed by atoms with Gasteiger partial charge in [0.05, 0.1) is 11.8 Å². The smallest absolute Gasteiger partial charge is 0.335 e. The molecule has 1 aromatic carbocycles. The number of carboxylic acid groups (broad SMARTS) is 1. The largest absolute Gasteiger partial charge is 0.487 e. The molecule has 0 amide bonds. The number of ether oxygens (including phenoxy) is 1. The van der Waals surface area contributed by atoms with Crippen LogP contribution in [0.1, 0.15) is 15.9 Å². The average Bonchev–Trinajstić information content (AvgIpc) is 2.81. The molecule has 1 N–H and O–H groups in total. The Kier molecular flexibility index (Phi) is 4.19. The highest BCUT2D eigenvalue weighted by atomic mass is 35.7. The molecule has 1 heterocycles. The minimum absolute atomic E-state index is 0.0150. The fourth-order valence-corrected chi connectivity index (χ4v) is 2.66. The molecule has 0 saturated carbocycles. The molecule has 7 nitrogen and oxygen atoms in total. The molecule has 0 unspecified atom stereocenters. The number of hydrogen-bond donors (Lipinski definition) is 1. The average molecular weight is 331 g/mol. The molecule has 0 aliphatic rings. The van der Waals surface area contributed by atoms with E-state index in [4.69, 9.17) is 20.5 Å². The number of hydrogen-bond acceptors (Lipinski definition) is 5. The summed E-state index contributed by atoms with van der Waals surface area (Å²) in [7, 11) is 2.92. The Morgan fingerprint density at radius 3 is 2.71 bits per heavy atom. The van der Waals surface area contributed by atoms with E-state index in [-0.39, 0.29) is 22.8 Å². The molecule has 21 heavy (non-hydrogen) atoms. The first-order valence-corrected chi connectivity index (χ1v) is 8.00. The third-order valence-corrected chi connectivity index (χ3v) is 3.95. The summed E-state index contributed by atoms with van der Waals surface area (Å²) < 4.78 is 30.0. The predicted molar refractivity (Wildman–Crippen MR) is 74.0 cm³/mol. The van der Waals surface area contributed by atoms with Gasteiger partial charge in [-0.25, -0.2) is 13.2 Å². The number of rotatable bonds is 5. The van der Waals surface area contributed by atoms with Crippen molar-refractivity contribution in [3.05, 3.63) is 41.7 Å². The first-order valence-electron chi connectivity index (χ1n) is 5.69. The summed E-state index contributed by atoms with van der Waals surface area (Å²) in [6.45, 7) is 0.0830. The van der Waals surface area contributed by atoms with Crippen LogP contribution in [0.2, 0.25) is 0 Å². The second-order valence-corrected chi connectivity index (χ2v) is 6.75. The summed E-state index contributed by atoms with van der Waals surface area (Å²) in [6.07, 6.45) is 3.28. The Morgan fingerprint density at radius 2 is 2.19 bits per heavy atom. The lowest BCUT2D eigenvalue weighted by atomic mass is 10.2. The number of nitrogens with zero attached hydrogens (tertiary/aromatic N) is 2. The van der Waals surface area contributed by atoms with E-state index in [0.29, 0.717) is 0 Å². The molecule has 0 spiro atoms. The highest BCUT2D eigenvalue weighted by molar-refractivity contribution is 8.13. The summed E-state index contributed by atoms with van der Waals surface area (Å²) in [5.74, 6) is -1.27. The zero-order chi connectivity index (χ0) is 15.6. The van der Waals surface area contributed by atoms with Crippen LogP contribution in [0.3, 0.4) is 0 Å². The van der Waals surface area contributed by atoms with Gasteiger partial charge < -0.3 is 9.84 Å². The van der Waals surface area contributed by atoms with Crippen LogP contribution in [0, 0.1) is 0 Å². The van der Waals surface area contributed by atoms with Gasteiger partial charge in [-0.15, -0.1) is 0 Å². The van der Waals surface area contributed by atoms with E-state index in [9.17, 15) is 13.2 Å². The third-order valence-electron chi connectivity index (χ3n) is 2.61. The molecule has 9 heteroatoms. The standard InChI is InChI=1S/C12H11ClN2O5S/c1-15-6-8(5-14-15)7-20-10-3-2-9(12(16)17)4-11(10)21(13,18)19/h2-6H,7H2,1H3,(H,16,17). The van der Waals surface area contributed by atoms with Crippen molar-refractivity contribution in [2.75, 3.05) is 0 Å². The Morgan fingerprint density at radius 1 is 1.48 bits per heavy atom. The minimum atomic E-state index is -4.13. The van der Waals surface area contributed by atoms with Gasteiger partial charge in [0.25, 0.3) is 9.05 Å². The van der Waals surface area contributed by atoms with Crippen molar-refractivity contribution >= 4 is 25.7 Å². The van der Waals surface area contributed by atoms with Crippen LogP contribution in [-0.4, -0.2) is 29.3 Å². The maximum absolute atomic E-state index is 11.5. The van der Waals surface area contributed by atoms with Gasteiger partial charge >= 0.3 is 5.97 Å². The molecule has 2 rings (SSSR count). The number of aromatic nitrogens is 2. The lowest BCUT2D eigenvalue weighted by molar-refractivity contribution is 0.0696. The van der Waals surface area contributed by atoms with Crippen molar-refractivity contribution in [1.29, 1.82) is 0 Å². The maximum Gasteiger partial charge on any atom is 0.335 e. The van der Waals surface area contributed by atoms with Gasteiger partial charge in [-0.2, -0.15) is 5.10 Å². The van der Waals surface area contributed by atoms with Gasteiger partial charge in [-0.3, -0.25) is 4.68 Å². The number of halogens is 1. The lowest BCUT2D eigenvalue weighted by Gasteiger charge is -2.09. The van der Waals surface area contributed by atoms with Crippen molar-refractivity contribution in [3.63, 3.8) is 0 Å². The first-order chi connectivity index (χ1) is 9.77. The molecule has 0 radical (unpaired) electrons. The molecular formula is C12H11ClN2O5S. The SMILES string of the molecule is Cn1cc(COc2ccc(C(=O)O)cc2S(=O)(=O)Cl)cn1. The van der Waals surface area contributed by atoms with Gasteiger partial charge in [0.2, 0.25) is 0 Å². The summed E-state index contributed by atoms with van der Waals surface area (Å²) in [4.78, 5) is 10.5.